The summed E-state index contributed by atoms with van der Waals surface area (Å²) in [6, 6.07) is 11.4. The highest BCUT2D eigenvalue weighted by molar-refractivity contribution is 8.78. The minimum Gasteiger partial charge on any atom is -0.329 e. The minimum absolute atomic E-state index is 0.0476. The van der Waals surface area contributed by atoms with Gasteiger partial charge in [-0.2, -0.15) is 10.5 Å². The van der Waals surface area contributed by atoms with Crippen LogP contribution in [0, 0.1) is 47.3 Å². The summed E-state index contributed by atoms with van der Waals surface area (Å²) in [5.74, 6) is -0.312. The lowest BCUT2D eigenvalue weighted by molar-refractivity contribution is -0.164. The monoisotopic (exact) mass is 698 g/mol. The van der Waals surface area contributed by atoms with E-state index in [9.17, 15) is 29.7 Å². The van der Waals surface area contributed by atoms with E-state index in [1.54, 1.807) is 53.0 Å². The van der Waals surface area contributed by atoms with Gasteiger partial charge in [-0.15, -0.1) is 0 Å². The van der Waals surface area contributed by atoms with Crippen molar-refractivity contribution in [3.63, 3.8) is 0 Å². The average molecular weight is 699 g/mol. The van der Waals surface area contributed by atoms with Gasteiger partial charge in [0.05, 0.1) is 35.1 Å². The van der Waals surface area contributed by atoms with Crippen LogP contribution in [0.3, 0.4) is 0 Å². The fraction of sp³-hybridized carbons (Fsp3) is 0.543. The Labute approximate surface area is 293 Å². The number of carbonyl (C=O) groups excluding carboxylic acids is 4. The van der Waals surface area contributed by atoms with Crippen molar-refractivity contribution in [1.29, 1.82) is 10.5 Å². The van der Waals surface area contributed by atoms with Crippen LogP contribution in [-0.2, 0) is 19.2 Å². The third-order valence-corrected chi connectivity index (χ3v) is 15.5. The zero-order valence-electron chi connectivity index (χ0n) is 28.8. The van der Waals surface area contributed by atoms with Crippen molar-refractivity contribution in [2.24, 2.45) is 10.8 Å². The number of rotatable bonds is 2. The maximum absolute atomic E-state index is 13.4. The second kappa shape index (κ2) is 10.2. The number of pyridine rings is 2. The third-order valence-electron chi connectivity index (χ3n) is 11.8. The highest BCUT2D eigenvalue weighted by Gasteiger charge is 2.78. The van der Waals surface area contributed by atoms with E-state index in [1.165, 1.54) is 21.6 Å². The molecule has 12 nitrogen and oxygen atoms in total. The number of nitriles is 2. The van der Waals surface area contributed by atoms with Crippen molar-refractivity contribution >= 4 is 45.2 Å². The zero-order valence-corrected chi connectivity index (χ0v) is 30.4. The van der Waals surface area contributed by atoms with Gasteiger partial charge in [-0.3, -0.25) is 29.1 Å². The molecule has 4 bridgehead atoms. The minimum atomic E-state index is -1.02. The quantitative estimate of drug-likeness (QED) is 0.420. The first-order valence-electron chi connectivity index (χ1n) is 16.2. The van der Waals surface area contributed by atoms with Gasteiger partial charge >= 0.3 is 0 Å². The van der Waals surface area contributed by atoms with E-state index in [4.69, 9.17) is 0 Å². The van der Waals surface area contributed by atoms with Crippen molar-refractivity contribution < 1.29 is 19.2 Å². The van der Waals surface area contributed by atoms with Gasteiger partial charge in [-0.25, -0.2) is 0 Å². The van der Waals surface area contributed by atoms with E-state index < -0.39 is 43.7 Å². The molecule has 0 saturated carbocycles. The van der Waals surface area contributed by atoms with Crippen LogP contribution in [0.2, 0.25) is 0 Å². The van der Waals surface area contributed by atoms with Crippen LogP contribution in [0.1, 0.15) is 81.6 Å². The van der Waals surface area contributed by atoms with Crippen LogP contribution in [-0.4, -0.2) is 88.1 Å². The summed E-state index contributed by atoms with van der Waals surface area (Å²) in [6.45, 7) is 11.1. The fourth-order valence-corrected chi connectivity index (χ4v) is 12.6. The number of hydrogen-bond donors (Lipinski definition) is 0. The normalized spacial score (nSPS) is 39.9. The summed E-state index contributed by atoms with van der Waals surface area (Å²) in [5, 5.41) is 19.8. The lowest BCUT2D eigenvalue weighted by atomic mass is 9.76. The number of piperazine rings is 2. The highest BCUT2D eigenvalue weighted by atomic mass is 33.1. The lowest BCUT2D eigenvalue weighted by Gasteiger charge is -2.57. The SMILES string of the molecule is Cc1ccc(C2N3C(=O)[C@@]4(C)C[C@@]3(C[C@]2(C)C#N)C(=O)N4C)cn1.Cc1ccc(C2N3C(=O)[C@]4(C)SS[C@@]3(C[C@]2(C)C#N)C(=O)N4C)cn1. The zero-order chi connectivity index (χ0) is 35.7. The topological polar surface area (TPSA) is 155 Å². The molecule has 254 valence electrons. The van der Waals surface area contributed by atoms with E-state index in [-0.39, 0.29) is 23.6 Å². The molecule has 4 amide bonds. The molecule has 7 aliphatic rings. The summed E-state index contributed by atoms with van der Waals surface area (Å²) >= 11 is 0. The molecular weight excluding hydrogens is 661 g/mol. The van der Waals surface area contributed by atoms with Crippen LogP contribution < -0.4 is 0 Å². The molecule has 49 heavy (non-hydrogen) atoms. The average Bonchev–Trinajstić information content (AvgIpc) is 3.66. The Bertz CT molecular complexity index is 1930. The number of fused-ring (bicyclic) bond motifs is 3. The van der Waals surface area contributed by atoms with Crippen molar-refractivity contribution in [3.05, 3.63) is 59.2 Å². The molecule has 2 aromatic rings. The van der Waals surface area contributed by atoms with Crippen LogP contribution in [0.5, 0.6) is 0 Å². The van der Waals surface area contributed by atoms with E-state index in [0.717, 1.165) is 22.5 Å². The van der Waals surface area contributed by atoms with Crippen molar-refractivity contribution in [2.45, 2.75) is 93.7 Å². The van der Waals surface area contributed by atoms with Crippen molar-refractivity contribution in [1.82, 2.24) is 29.6 Å². The Kier molecular flexibility index (Phi) is 6.95. The number of likely N-dealkylation sites (N-methyl/N-ethyl adjacent to an activating group) is 2. The molecule has 7 fully saturated rings. The maximum atomic E-state index is 13.4. The predicted molar refractivity (Wildman–Crippen MR) is 181 cm³/mol. The molecule has 2 unspecified atom stereocenters. The molecule has 7 saturated heterocycles. The van der Waals surface area contributed by atoms with Gasteiger partial charge in [-0.1, -0.05) is 33.7 Å². The summed E-state index contributed by atoms with van der Waals surface area (Å²) in [5.41, 5.74) is 0.0151. The maximum Gasteiger partial charge on any atom is 0.261 e. The van der Waals surface area contributed by atoms with Gasteiger partial charge in [0.2, 0.25) is 11.8 Å². The molecule has 0 N–H and O–H groups in total. The molecule has 2 spiro atoms. The molecule has 2 aromatic heterocycles. The van der Waals surface area contributed by atoms with E-state index in [1.807, 2.05) is 58.9 Å². The Balaban J connectivity index is 0.000000154. The van der Waals surface area contributed by atoms with Gasteiger partial charge in [0.1, 0.15) is 11.1 Å². The van der Waals surface area contributed by atoms with Crippen LogP contribution in [0.15, 0.2) is 36.7 Å². The molecule has 0 aromatic carbocycles. The number of carbonyl (C=O) groups is 4. The number of nitrogens with zero attached hydrogens (tertiary/aromatic N) is 8. The molecule has 9 heterocycles. The number of likely N-dealkylation sites (tertiary alicyclic amines) is 1. The van der Waals surface area contributed by atoms with Gasteiger partial charge in [0.25, 0.3) is 11.8 Å². The first-order valence-corrected chi connectivity index (χ1v) is 18.3. The Hall–Kier alpha value is -4.14. The van der Waals surface area contributed by atoms with Gasteiger partial charge in [-0.05, 0) is 64.8 Å². The van der Waals surface area contributed by atoms with Gasteiger partial charge in [0, 0.05) is 57.1 Å². The number of aryl methyl sites for hydroxylation is 2. The highest BCUT2D eigenvalue weighted by Crippen LogP contribution is 2.69. The molecule has 0 aliphatic carbocycles. The Morgan fingerprint density at radius 3 is 1.73 bits per heavy atom. The molecular formula is C35H38N8O4S2. The first kappa shape index (κ1) is 33.4. The standard InChI is InChI=1S/C18H20N4O2.C17H18N4O2S2/c1-11-5-6-12(7-20-11)13-16(2,10-19)8-18-9-17(3,14(23)22(13)18)21(4)15(18)24;1-10-5-6-11(7-19-10)12-15(2,9-18)8-17-14(23)20(4)16(3,24-25-17)13(22)21(12)17/h5-7,13H,8-9H2,1-4H3;5-7,12H,8H2,1-4H3/t13?,16-,17-,18+;12?,15-,16+,17+/m11/s1. The fourth-order valence-electron chi connectivity index (χ4n) is 9.06. The number of aromatic nitrogens is 2. The lowest BCUT2D eigenvalue weighted by Crippen LogP contribution is -2.73. The first-order chi connectivity index (χ1) is 22.9. The number of hydrogen-bond acceptors (Lipinski definition) is 10. The van der Waals surface area contributed by atoms with E-state index >= 15 is 0 Å². The van der Waals surface area contributed by atoms with Gasteiger partial charge in [0.15, 0.2) is 9.74 Å². The van der Waals surface area contributed by atoms with Crippen LogP contribution >= 0.6 is 21.6 Å². The van der Waals surface area contributed by atoms with Gasteiger partial charge < -0.3 is 19.6 Å². The second-order valence-corrected chi connectivity index (χ2v) is 18.0. The Morgan fingerprint density at radius 2 is 1.22 bits per heavy atom. The van der Waals surface area contributed by atoms with Crippen molar-refractivity contribution in [2.75, 3.05) is 14.1 Å². The summed E-state index contributed by atoms with van der Waals surface area (Å²) < 4.78 is 0. The largest absolute Gasteiger partial charge is 0.329 e. The Morgan fingerprint density at radius 1 is 0.694 bits per heavy atom. The summed E-state index contributed by atoms with van der Waals surface area (Å²) in [7, 11) is 6.21. The van der Waals surface area contributed by atoms with Crippen LogP contribution in [0.4, 0.5) is 0 Å². The summed E-state index contributed by atoms with van der Waals surface area (Å²) in [6.07, 6.45) is 4.60. The predicted octanol–water partition coefficient (Wildman–Crippen LogP) is 4.04. The molecule has 14 heteroatoms. The van der Waals surface area contributed by atoms with Crippen molar-refractivity contribution in [3.8, 4) is 12.1 Å². The molecule has 9 rings (SSSR count). The van der Waals surface area contributed by atoms with E-state index in [2.05, 4.69) is 22.1 Å². The number of amides is 4. The molecule has 7 aliphatic heterocycles. The van der Waals surface area contributed by atoms with Crippen LogP contribution in [0.25, 0.3) is 0 Å². The smallest absolute Gasteiger partial charge is 0.261 e. The molecule has 8 atom stereocenters. The van der Waals surface area contributed by atoms with E-state index in [0.29, 0.717) is 19.3 Å². The second-order valence-electron chi connectivity index (χ2n) is 15.2. The molecule has 0 radical (unpaired) electrons. The third kappa shape index (κ3) is 3.99. The summed E-state index contributed by atoms with van der Waals surface area (Å²) in [4.78, 5) is 65.8.